The highest BCUT2D eigenvalue weighted by Crippen LogP contribution is 2.29. The Morgan fingerprint density at radius 3 is 2.89 bits per heavy atom. The van der Waals surface area contributed by atoms with Crippen LogP contribution in [0.15, 0.2) is 6.07 Å². The molecule has 1 aromatic rings. The van der Waals surface area contributed by atoms with Crippen LogP contribution in [0, 0.1) is 0 Å². The second kappa shape index (κ2) is 6.90. The van der Waals surface area contributed by atoms with Crippen molar-refractivity contribution in [3.05, 3.63) is 21.4 Å². The van der Waals surface area contributed by atoms with E-state index in [4.69, 9.17) is 0 Å². The van der Waals surface area contributed by atoms with Gasteiger partial charge in [-0.05, 0) is 50.3 Å². The average Bonchev–Trinajstić information content (AvgIpc) is 2.82. The van der Waals surface area contributed by atoms with Gasteiger partial charge < -0.3 is 10.6 Å². The predicted octanol–water partition coefficient (Wildman–Crippen LogP) is 2.36. The second-order valence-corrected chi connectivity index (χ2v) is 5.91. The Labute approximate surface area is 113 Å². The smallest absolute Gasteiger partial charge is 0.261 e. The largest absolute Gasteiger partial charge is 0.350 e. The number of thiophene rings is 1. The molecular formula is C14H22N2OS. The number of amides is 1. The second-order valence-electron chi connectivity index (χ2n) is 4.77. The summed E-state index contributed by atoms with van der Waals surface area (Å²) in [5, 5.41) is 6.26. The number of aryl methyl sites for hydroxylation is 2. The van der Waals surface area contributed by atoms with Gasteiger partial charge in [0.2, 0.25) is 0 Å². The summed E-state index contributed by atoms with van der Waals surface area (Å²) in [5.74, 6) is 0.0905. The van der Waals surface area contributed by atoms with Gasteiger partial charge in [0.1, 0.15) is 0 Å². The maximum absolute atomic E-state index is 12.0. The molecule has 0 bridgehead atoms. The lowest BCUT2D eigenvalue weighted by Gasteiger charge is -2.08. The zero-order valence-corrected chi connectivity index (χ0v) is 11.9. The van der Waals surface area contributed by atoms with Crippen molar-refractivity contribution in [3.8, 4) is 0 Å². The summed E-state index contributed by atoms with van der Waals surface area (Å²) in [4.78, 5) is 14.3. The van der Waals surface area contributed by atoms with Crippen molar-refractivity contribution in [1.29, 1.82) is 0 Å². The van der Waals surface area contributed by atoms with E-state index in [1.807, 2.05) is 0 Å². The van der Waals surface area contributed by atoms with Crippen molar-refractivity contribution in [2.24, 2.45) is 0 Å². The van der Waals surface area contributed by atoms with E-state index in [1.54, 1.807) is 11.3 Å². The lowest BCUT2D eigenvalue weighted by Crippen LogP contribution is -2.31. The fourth-order valence-corrected chi connectivity index (χ4v) is 3.43. The SMILES string of the molecule is CCCNCCNC(=O)c1cc2c(s1)CCCC2. The van der Waals surface area contributed by atoms with Crippen LogP contribution in [0.1, 0.15) is 46.3 Å². The lowest BCUT2D eigenvalue weighted by molar-refractivity contribution is 0.0958. The van der Waals surface area contributed by atoms with E-state index in [9.17, 15) is 4.79 Å². The summed E-state index contributed by atoms with van der Waals surface area (Å²) in [6.07, 6.45) is 5.98. The molecule has 0 unspecified atom stereocenters. The van der Waals surface area contributed by atoms with E-state index in [0.717, 1.165) is 37.2 Å². The zero-order chi connectivity index (χ0) is 12.8. The van der Waals surface area contributed by atoms with Crippen molar-refractivity contribution in [2.45, 2.75) is 39.0 Å². The van der Waals surface area contributed by atoms with Crippen LogP contribution >= 0.6 is 11.3 Å². The Kier molecular flexibility index (Phi) is 5.20. The molecule has 0 spiro atoms. The maximum atomic E-state index is 12.0. The van der Waals surface area contributed by atoms with Crippen LogP contribution in [-0.4, -0.2) is 25.5 Å². The summed E-state index contributed by atoms with van der Waals surface area (Å²) in [6.45, 7) is 4.72. The average molecular weight is 266 g/mol. The molecular weight excluding hydrogens is 244 g/mol. The van der Waals surface area contributed by atoms with Crippen molar-refractivity contribution >= 4 is 17.2 Å². The zero-order valence-electron chi connectivity index (χ0n) is 11.1. The minimum Gasteiger partial charge on any atom is -0.350 e. The van der Waals surface area contributed by atoms with Gasteiger partial charge in [-0.3, -0.25) is 4.79 Å². The van der Waals surface area contributed by atoms with Crippen LogP contribution in [0.4, 0.5) is 0 Å². The minimum atomic E-state index is 0.0905. The topological polar surface area (TPSA) is 41.1 Å². The van der Waals surface area contributed by atoms with Gasteiger partial charge >= 0.3 is 0 Å². The van der Waals surface area contributed by atoms with Gasteiger partial charge in [-0.1, -0.05) is 6.92 Å². The Balaban J connectivity index is 1.80. The van der Waals surface area contributed by atoms with Gasteiger partial charge in [-0.25, -0.2) is 0 Å². The van der Waals surface area contributed by atoms with Crippen LogP contribution in [0.5, 0.6) is 0 Å². The van der Waals surface area contributed by atoms with Gasteiger partial charge in [0.15, 0.2) is 0 Å². The maximum Gasteiger partial charge on any atom is 0.261 e. The van der Waals surface area contributed by atoms with Crippen molar-refractivity contribution in [2.75, 3.05) is 19.6 Å². The first-order valence-corrected chi connectivity index (χ1v) is 7.73. The van der Waals surface area contributed by atoms with Crippen molar-refractivity contribution < 1.29 is 4.79 Å². The van der Waals surface area contributed by atoms with E-state index in [0.29, 0.717) is 6.54 Å². The van der Waals surface area contributed by atoms with Crippen LogP contribution in [-0.2, 0) is 12.8 Å². The molecule has 2 N–H and O–H groups in total. The molecule has 0 saturated heterocycles. The third-order valence-electron chi connectivity index (χ3n) is 3.23. The standard InChI is InChI=1S/C14H22N2OS/c1-2-7-15-8-9-16-14(17)13-10-11-5-3-4-6-12(11)18-13/h10,15H,2-9H2,1H3,(H,16,17). The molecule has 1 aromatic heterocycles. The number of hydrogen-bond donors (Lipinski definition) is 2. The number of hydrogen-bond acceptors (Lipinski definition) is 3. The molecule has 1 heterocycles. The van der Waals surface area contributed by atoms with Gasteiger partial charge in [0.25, 0.3) is 5.91 Å². The number of carbonyl (C=O) groups excluding carboxylic acids is 1. The van der Waals surface area contributed by atoms with Crippen LogP contribution in [0.2, 0.25) is 0 Å². The van der Waals surface area contributed by atoms with E-state index in [2.05, 4.69) is 23.6 Å². The van der Waals surface area contributed by atoms with Crippen LogP contribution < -0.4 is 10.6 Å². The highest BCUT2D eigenvalue weighted by molar-refractivity contribution is 7.14. The number of fused-ring (bicyclic) bond motifs is 1. The van der Waals surface area contributed by atoms with Gasteiger partial charge in [-0.15, -0.1) is 11.3 Å². The number of nitrogens with one attached hydrogen (secondary N) is 2. The van der Waals surface area contributed by atoms with Gasteiger partial charge in [-0.2, -0.15) is 0 Å². The molecule has 0 aromatic carbocycles. The number of rotatable bonds is 6. The Morgan fingerprint density at radius 2 is 2.11 bits per heavy atom. The van der Waals surface area contributed by atoms with Gasteiger partial charge in [0, 0.05) is 18.0 Å². The molecule has 0 saturated carbocycles. The normalized spacial score (nSPS) is 14.3. The van der Waals surface area contributed by atoms with E-state index in [-0.39, 0.29) is 5.91 Å². The molecule has 18 heavy (non-hydrogen) atoms. The third-order valence-corrected chi connectivity index (χ3v) is 4.47. The molecule has 100 valence electrons. The molecule has 0 aliphatic heterocycles. The van der Waals surface area contributed by atoms with Crippen LogP contribution in [0.25, 0.3) is 0 Å². The Hall–Kier alpha value is -0.870. The summed E-state index contributed by atoms with van der Waals surface area (Å²) in [5.41, 5.74) is 1.40. The molecule has 4 heteroatoms. The summed E-state index contributed by atoms with van der Waals surface area (Å²) < 4.78 is 0. The molecule has 0 fully saturated rings. The first-order chi connectivity index (χ1) is 8.81. The van der Waals surface area contributed by atoms with E-state index >= 15 is 0 Å². The Morgan fingerprint density at radius 1 is 1.28 bits per heavy atom. The van der Waals surface area contributed by atoms with Crippen LogP contribution in [0.3, 0.4) is 0 Å². The molecule has 3 nitrogen and oxygen atoms in total. The highest BCUT2D eigenvalue weighted by atomic mass is 32.1. The first kappa shape index (κ1) is 13.6. The fourth-order valence-electron chi connectivity index (χ4n) is 2.26. The Bertz CT molecular complexity index is 377. The number of carbonyl (C=O) groups is 1. The molecule has 1 aliphatic rings. The summed E-state index contributed by atoms with van der Waals surface area (Å²) in [7, 11) is 0. The van der Waals surface area contributed by atoms with E-state index in [1.165, 1.54) is 23.3 Å². The summed E-state index contributed by atoms with van der Waals surface area (Å²) in [6, 6.07) is 2.09. The fraction of sp³-hybridized carbons (Fsp3) is 0.643. The molecule has 1 amide bonds. The van der Waals surface area contributed by atoms with Gasteiger partial charge in [0.05, 0.1) is 4.88 Å². The van der Waals surface area contributed by atoms with E-state index < -0.39 is 0 Å². The molecule has 0 atom stereocenters. The predicted molar refractivity (Wildman–Crippen MR) is 76.5 cm³/mol. The monoisotopic (exact) mass is 266 g/mol. The molecule has 2 rings (SSSR count). The lowest BCUT2D eigenvalue weighted by atomic mass is 9.99. The van der Waals surface area contributed by atoms with Crippen molar-refractivity contribution in [1.82, 2.24) is 10.6 Å². The van der Waals surface area contributed by atoms with Crippen molar-refractivity contribution in [3.63, 3.8) is 0 Å². The summed E-state index contributed by atoms with van der Waals surface area (Å²) >= 11 is 1.68. The third kappa shape index (κ3) is 3.56. The molecule has 1 aliphatic carbocycles. The quantitative estimate of drug-likeness (QED) is 0.776. The minimum absolute atomic E-state index is 0.0905. The highest BCUT2D eigenvalue weighted by Gasteiger charge is 2.16. The first-order valence-electron chi connectivity index (χ1n) is 6.91. The molecule has 0 radical (unpaired) electrons.